The first-order valence-corrected chi connectivity index (χ1v) is 8.75. The number of carbonyl (C=O) groups is 1. The Morgan fingerprint density at radius 2 is 1.82 bits per heavy atom. The van der Waals surface area contributed by atoms with Crippen LogP contribution in [-0.4, -0.2) is 26.7 Å². The van der Waals surface area contributed by atoms with Crippen molar-refractivity contribution in [3.8, 4) is 17.2 Å². The van der Waals surface area contributed by atoms with Crippen LogP contribution < -0.4 is 25.2 Å². The van der Waals surface area contributed by atoms with Gasteiger partial charge in [-0.15, -0.1) is 0 Å². The zero-order chi connectivity index (χ0) is 20.1. The van der Waals surface area contributed by atoms with Crippen molar-refractivity contribution in [2.75, 3.05) is 26.1 Å². The van der Waals surface area contributed by atoms with Crippen LogP contribution >= 0.6 is 0 Å². The maximum Gasteiger partial charge on any atom is 0.336 e. The van der Waals surface area contributed by atoms with Gasteiger partial charge >= 0.3 is 5.63 Å². The van der Waals surface area contributed by atoms with E-state index in [1.54, 1.807) is 37.4 Å². The molecule has 0 unspecified atom stereocenters. The Morgan fingerprint density at radius 1 is 1.04 bits per heavy atom. The highest BCUT2D eigenvalue weighted by atomic mass is 16.5. The standard InChI is InChI=1S/C21H21NO6/c1-4-13-9-21(24)28-18-11-15(6-7-16(13)18)27-12-20(23)22-14-5-8-17(25-2)19(10-14)26-3/h5-11H,4,12H2,1-3H3,(H,22,23). The summed E-state index contributed by atoms with van der Waals surface area (Å²) >= 11 is 0. The van der Waals surface area contributed by atoms with Crippen LogP contribution in [0.1, 0.15) is 12.5 Å². The van der Waals surface area contributed by atoms with E-state index in [1.807, 2.05) is 13.0 Å². The lowest BCUT2D eigenvalue weighted by atomic mass is 10.1. The van der Waals surface area contributed by atoms with Crippen LogP contribution in [0.3, 0.4) is 0 Å². The highest BCUT2D eigenvalue weighted by molar-refractivity contribution is 5.92. The molecule has 1 N–H and O–H groups in total. The molecule has 1 aromatic heterocycles. The summed E-state index contributed by atoms with van der Waals surface area (Å²) in [6.07, 6.45) is 0.718. The second-order valence-electron chi connectivity index (χ2n) is 6.01. The van der Waals surface area contributed by atoms with Crippen molar-refractivity contribution >= 4 is 22.6 Å². The number of amides is 1. The molecule has 146 valence electrons. The largest absolute Gasteiger partial charge is 0.493 e. The third-order valence-electron chi connectivity index (χ3n) is 4.22. The fourth-order valence-corrected chi connectivity index (χ4v) is 2.85. The summed E-state index contributed by atoms with van der Waals surface area (Å²) < 4.78 is 21.1. The molecule has 0 aliphatic carbocycles. The zero-order valence-corrected chi connectivity index (χ0v) is 15.9. The average molecular weight is 383 g/mol. The van der Waals surface area contributed by atoms with E-state index in [1.165, 1.54) is 13.2 Å². The second-order valence-corrected chi connectivity index (χ2v) is 6.01. The maximum absolute atomic E-state index is 12.2. The minimum Gasteiger partial charge on any atom is -0.493 e. The van der Waals surface area contributed by atoms with E-state index >= 15 is 0 Å². The SMILES string of the molecule is CCc1cc(=O)oc2cc(OCC(=O)Nc3ccc(OC)c(OC)c3)ccc12. The van der Waals surface area contributed by atoms with Gasteiger partial charge in [0.25, 0.3) is 5.91 Å². The first-order valence-electron chi connectivity index (χ1n) is 8.75. The van der Waals surface area contributed by atoms with Gasteiger partial charge in [0.05, 0.1) is 14.2 Å². The molecule has 0 saturated heterocycles. The van der Waals surface area contributed by atoms with Crippen molar-refractivity contribution in [3.05, 3.63) is 58.4 Å². The first-order chi connectivity index (χ1) is 13.5. The summed E-state index contributed by atoms with van der Waals surface area (Å²) in [4.78, 5) is 23.8. The summed E-state index contributed by atoms with van der Waals surface area (Å²) in [6, 6.07) is 11.7. The van der Waals surface area contributed by atoms with Crippen LogP contribution in [0.25, 0.3) is 11.0 Å². The van der Waals surface area contributed by atoms with Crippen molar-refractivity contribution in [2.45, 2.75) is 13.3 Å². The van der Waals surface area contributed by atoms with Gasteiger partial charge in [-0.2, -0.15) is 0 Å². The number of benzene rings is 2. The van der Waals surface area contributed by atoms with Gasteiger partial charge in [-0.05, 0) is 36.2 Å². The molecule has 0 spiro atoms. The van der Waals surface area contributed by atoms with Gasteiger partial charge in [-0.25, -0.2) is 4.79 Å². The van der Waals surface area contributed by atoms with Gasteiger partial charge in [0.2, 0.25) is 0 Å². The molecule has 2 aromatic carbocycles. The predicted molar refractivity (Wildman–Crippen MR) is 106 cm³/mol. The molecular weight excluding hydrogens is 362 g/mol. The van der Waals surface area contributed by atoms with Crippen LogP contribution in [0, 0.1) is 0 Å². The van der Waals surface area contributed by atoms with E-state index in [2.05, 4.69) is 5.32 Å². The number of hydrogen-bond donors (Lipinski definition) is 1. The fourth-order valence-electron chi connectivity index (χ4n) is 2.85. The van der Waals surface area contributed by atoms with E-state index in [9.17, 15) is 9.59 Å². The molecule has 0 aliphatic heterocycles. The third-order valence-corrected chi connectivity index (χ3v) is 4.22. The number of carbonyl (C=O) groups excluding carboxylic acids is 1. The van der Waals surface area contributed by atoms with Crippen LogP contribution in [0.15, 0.2) is 51.7 Å². The Kier molecular flexibility index (Phi) is 5.84. The van der Waals surface area contributed by atoms with E-state index in [0.29, 0.717) is 28.5 Å². The number of aryl methyl sites for hydroxylation is 1. The molecule has 0 aliphatic rings. The van der Waals surface area contributed by atoms with Gasteiger partial charge in [0.1, 0.15) is 11.3 Å². The van der Waals surface area contributed by atoms with Gasteiger partial charge in [-0.1, -0.05) is 6.92 Å². The highest BCUT2D eigenvalue weighted by Gasteiger charge is 2.10. The summed E-state index contributed by atoms with van der Waals surface area (Å²) in [7, 11) is 3.06. The van der Waals surface area contributed by atoms with Gasteiger partial charge in [0, 0.05) is 29.3 Å². The molecule has 7 heteroatoms. The van der Waals surface area contributed by atoms with Crippen molar-refractivity contribution in [1.82, 2.24) is 0 Å². The Morgan fingerprint density at radius 3 is 2.54 bits per heavy atom. The van der Waals surface area contributed by atoms with Crippen LogP contribution in [0.2, 0.25) is 0 Å². The van der Waals surface area contributed by atoms with E-state index in [-0.39, 0.29) is 12.5 Å². The normalized spacial score (nSPS) is 10.5. The minimum atomic E-state index is -0.410. The molecule has 1 amide bonds. The van der Waals surface area contributed by atoms with Gasteiger partial charge in [0.15, 0.2) is 18.1 Å². The molecule has 1 heterocycles. The molecule has 0 atom stereocenters. The van der Waals surface area contributed by atoms with Crippen LogP contribution in [0.5, 0.6) is 17.2 Å². The Bertz CT molecular complexity index is 1060. The summed E-state index contributed by atoms with van der Waals surface area (Å²) in [5, 5.41) is 3.58. The lowest BCUT2D eigenvalue weighted by Crippen LogP contribution is -2.20. The Labute approximate surface area is 161 Å². The predicted octanol–water partition coefficient (Wildman–Crippen LogP) is 3.39. The monoisotopic (exact) mass is 383 g/mol. The quantitative estimate of drug-likeness (QED) is 0.630. The summed E-state index contributed by atoms with van der Waals surface area (Å²) in [5.41, 5.74) is 1.49. The van der Waals surface area contributed by atoms with Gasteiger partial charge in [-0.3, -0.25) is 4.79 Å². The Hall–Kier alpha value is -3.48. The number of hydrogen-bond acceptors (Lipinski definition) is 6. The smallest absolute Gasteiger partial charge is 0.336 e. The molecule has 0 fully saturated rings. The van der Waals surface area contributed by atoms with Crippen molar-refractivity contribution < 1.29 is 23.4 Å². The number of methoxy groups -OCH3 is 2. The molecule has 0 saturated carbocycles. The van der Waals surface area contributed by atoms with Crippen molar-refractivity contribution in [3.63, 3.8) is 0 Å². The highest BCUT2D eigenvalue weighted by Crippen LogP contribution is 2.29. The minimum absolute atomic E-state index is 0.197. The summed E-state index contributed by atoms with van der Waals surface area (Å²) in [5.74, 6) is 1.18. The average Bonchev–Trinajstić information content (AvgIpc) is 2.71. The Balaban J connectivity index is 1.68. The summed E-state index contributed by atoms with van der Waals surface area (Å²) in [6.45, 7) is 1.77. The fraction of sp³-hybridized carbons (Fsp3) is 0.238. The number of rotatable bonds is 7. The number of anilines is 1. The molecule has 3 aromatic rings. The molecular formula is C21H21NO6. The van der Waals surface area contributed by atoms with E-state index < -0.39 is 5.63 Å². The molecule has 0 bridgehead atoms. The van der Waals surface area contributed by atoms with E-state index in [4.69, 9.17) is 18.6 Å². The zero-order valence-electron chi connectivity index (χ0n) is 15.9. The third kappa shape index (κ3) is 4.25. The number of ether oxygens (including phenoxy) is 3. The van der Waals surface area contributed by atoms with Crippen LogP contribution in [0.4, 0.5) is 5.69 Å². The van der Waals surface area contributed by atoms with Gasteiger partial charge < -0.3 is 23.9 Å². The molecule has 7 nitrogen and oxygen atoms in total. The lowest BCUT2D eigenvalue weighted by molar-refractivity contribution is -0.118. The first kappa shape index (κ1) is 19.3. The lowest BCUT2D eigenvalue weighted by Gasteiger charge is -2.11. The second kappa shape index (κ2) is 8.47. The maximum atomic E-state index is 12.2. The number of fused-ring (bicyclic) bond motifs is 1. The topological polar surface area (TPSA) is 87.0 Å². The van der Waals surface area contributed by atoms with Crippen molar-refractivity contribution in [1.29, 1.82) is 0 Å². The van der Waals surface area contributed by atoms with E-state index in [0.717, 1.165) is 17.4 Å². The molecule has 3 rings (SSSR count). The molecule has 28 heavy (non-hydrogen) atoms. The van der Waals surface area contributed by atoms with Crippen molar-refractivity contribution in [2.24, 2.45) is 0 Å². The van der Waals surface area contributed by atoms with Crippen LogP contribution in [-0.2, 0) is 11.2 Å². The molecule has 0 radical (unpaired) electrons. The number of nitrogens with one attached hydrogen (secondary N) is 1.